The van der Waals surface area contributed by atoms with E-state index in [9.17, 15) is 4.39 Å². The Labute approximate surface area is 147 Å². The van der Waals surface area contributed by atoms with Gasteiger partial charge in [0.25, 0.3) is 0 Å². The molecule has 0 aliphatic heterocycles. The van der Waals surface area contributed by atoms with Gasteiger partial charge in [-0.3, -0.25) is 0 Å². The van der Waals surface area contributed by atoms with Crippen molar-refractivity contribution in [1.29, 1.82) is 0 Å². The molecule has 108 valence electrons. The molecule has 2 aromatic rings. The van der Waals surface area contributed by atoms with Crippen LogP contribution in [-0.4, -0.2) is 6.54 Å². The largest absolute Gasteiger partial charge is 0.310 e. The summed E-state index contributed by atoms with van der Waals surface area (Å²) >= 11 is 12.1. The summed E-state index contributed by atoms with van der Waals surface area (Å²) in [6, 6.07) is 7.42. The van der Waals surface area contributed by atoms with Gasteiger partial charge < -0.3 is 5.32 Å². The van der Waals surface area contributed by atoms with Gasteiger partial charge in [0.15, 0.2) is 0 Å². The summed E-state index contributed by atoms with van der Waals surface area (Å²) in [4.78, 5) is 0. The van der Waals surface area contributed by atoms with Gasteiger partial charge in [-0.05, 0) is 84.0 Å². The van der Waals surface area contributed by atoms with Crippen molar-refractivity contribution in [2.24, 2.45) is 0 Å². The lowest BCUT2D eigenvalue weighted by atomic mass is 10.0. The molecule has 0 bridgehead atoms. The van der Waals surface area contributed by atoms with E-state index in [1.165, 1.54) is 11.6 Å². The molecular weight excluding hydrogens is 473 g/mol. The molecule has 1 atom stereocenters. The summed E-state index contributed by atoms with van der Waals surface area (Å²) in [5, 5.41) is 3.46. The summed E-state index contributed by atoms with van der Waals surface area (Å²) in [5.74, 6) is -0.219. The van der Waals surface area contributed by atoms with Crippen LogP contribution < -0.4 is 5.32 Å². The quantitative estimate of drug-likeness (QED) is 0.542. The van der Waals surface area contributed by atoms with Gasteiger partial charge in [0.2, 0.25) is 0 Å². The molecule has 0 fully saturated rings. The minimum atomic E-state index is -0.219. The van der Waals surface area contributed by atoms with Crippen LogP contribution in [0.4, 0.5) is 4.39 Å². The molecule has 0 radical (unpaired) electrons. The van der Waals surface area contributed by atoms with Crippen LogP contribution in [0.15, 0.2) is 36.3 Å². The number of nitrogens with one attached hydrogen (secondary N) is 1. The van der Waals surface area contributed by atoms with Crippen molar-refractivity contribution < 1.29 is 4.39 Å². The first kappa shape index (κ1) is 16.6. The van der Waals surface area contributed by atoms with E-state index < -0.39 is 0 Å². The third-order valence-electron chi connectivity index (χ3n) is 2.96. The van der Waals surface area contributed by atoms with Crippen LogP contribution in [0.5, 0.6) is 0 Å². The maximum Gasteiger partial charge on any atom is 0.137 e. The van der Waals surface area contributed by atoms with E-state index in [4.69, 9.17) is 0 Å². The first-order valence-electron chi connectivity index (χ1n) is 6.14. The average Bonchev–Trinajstić information content (AvgIpc) is 2.73. The van der Waals surface area contributed by atoms with Crippen molar-refractivity contribution in [3.8, 4) is 0 Å². The molecule has 6 heteroatoms. The highest BCUT2D eigenvalue weighted by molar-refractivity contribution is 9.12. The van der Waals surface area contributed by atoms with E-state index in [1.807, 2.05) is 6.07 Å². The molecule has 0 saturated carbocycles. The molecule has 1 heterocycles. The maximum absolute atomic E-state index is 13.6. The van der Waals surface area contributed by atoms with Crippen LogP contribution in [0.2, 0.25) is 0 Å². The van der Waals surface area contributed by atoms with Crippen LogP contribution in [0.25, 0.3) is 0 Å². The standard InChI is InChI=1S/C14H13Br3FNS/c1-2-19-11(9-7-12(15)20-14(9)17)6-8-4-3-5-10(18)13(8)16/h3-5,7,11,19H,2,6H2,1H3. The van der Waals surface area contributed by atoms with E-state index in [-0.39, 0.29) is 11.9 Å². The molecule has 1 aromatic heterocycles. The van der Waals surface area contributed by atoms with E-state index in [0.717, 1.165) is 26.1 Å². The molecular formula is C14H13Br3FNS. The Kier molecular flexibility index (Phi) is 6.23. The minimum Gasteiger partial charge on any atom is -0.310 e. The van der Waals surface area contributed by atoms with Gasteiger partial charge >= 0.3 is 0 Å². The third-order valence-corrected chi connectivity index (χ3v) is 6.24. The number of benzene rings is 1. The second-order valence-corrected chi connectivity index (χ2v) is 8.85. The summed E-state index contributed by atoms with van der Waals surface area (Å²) in [6.07, 6.45) is 0.730. The summed E-state index contributed by atoms with van der Waals surface area (Å²) in [6.45, 7) is 2.93. The molecule has 1 nitrogen and oxygen atoms in total. The van der Waals surface area contributed by atoms with E-state index in [1.54, 1.807) is 17.4 Å². The van der Waals surface area contributed by atoms with Crippen molar-refractivity contribution in [3.63, 3.8) is 0 Å². The van der Waals surface area contributed by atoms with Gasteiger partial charge in [-0.1, -0.05) is 19.1 Å². The zero-order chi connectivity index (χ0) is 14.7. The lowest BCUT2D eigenvalue weighted by Gasteiger charge is -2.18. The molecule has 2 rings (SSSR count). The highest BCUT2D eigenvalue weighted by Gasteiger charge is 2.18. The highest BCUT2D eigenvalue weighted by Crippen LogP contribution is 2.37. The predicted octanol–water partition coefficient (Wildman–Crippen LogP) is 6.07. The number of thiophene rings is 1. The molecule has 1 unspecified atom stereocenters. The maximum atomic E-state index is 13.6. The fourth-order valence-corrected chi connectivity index (χ4v) is 5.46. The smallest absolute Gasteiger partial charge is 0.137 e. The normalized spacial score (nSPS) is 12.7. The Morgan fingerprint density at radius 1 is 1.30 bits per heavy atom. The van der Waals surface area contributed by atoms with Crippen LogP contribution >= 0.6 is 59.1 Å². The highest BCUT2D eigenvalue weighted by atomic mass is 79.9. The zero-order valence-electron chi connectivity index (χ0n) is 10.7. The van der Waals surface area contributed by atoms with Crippen LogP contribution in [-0.2, 0) is 6.42 Å². The third kappa shape index (κ3) is 3.91. The van der Waals surface area contributed by atoms with Gasteiger partial charge in [-0.25, -0.2) is 4.39 Å². The Bertz CT molecular complexity index is 600. The molecule has 0 amide bonds. The van der Waals surface area contributed by atoms with E-state index in [0.29, 0.717) is 4.47 Å². The van der Waals surface area contributed by atoms with Crippen molar-refractivity contribution in [2.75, 3.05) is 6.54 Å². The molecule has 0 saturated heterocycles. The van der Waals surface area contributed by atoms with Crippen molar-refractivity contribution in [1.82, 2.24) is 5.32 Å². The number of halogens is 4. The fourth-order valence-electron chi connectivity index (χ4n) is 2.06. The molecule has 0 aliphatic carbocycles. The fraction of sp³-hybridized carbons (Fsp3) is 0.286. The number of hydrogen-bond donors (Lipinski definition) is 1. The Morgan fingerprint density at radius 3 is 2.65 bits per heavy atom. The SMILES string of the molecule is CCNC(Cc1cccc(F)c1Br)c1cc(Br)sc1Br. The average molecular weight is 486 g/mol. The molecule has 1 aromatic carbocycles. The van der Waals surface area contributed by atoms with Crippen molar-refractivity contribution >= 4 is 59.1 Å². The molecule has 1 N–H and O–H groups in total. The molecule has 20 heavy (non-hydrogen) atoms. The first-order chi connectivity index (χ1) is 9.52. The van der Waals surface area contributed by atoms with Gasteiger partial charge in [0.05, 0.1) is 12.0 Å². The molecule has 0 aliphatic rings. The number of hydrogen-bond acceptors (Lipinski definition) is 2. The van der Waals surface area contributed by atoms with Gasteiger partial charge in [0, 0.05) is 6.04 Å². The van der Waals surface area contributed by atoms with Crippen molar-refractivity contribution in [2.45, 2.75) is 19.4 Å². The summed E-state index contributed by atoms with van der Waals surface area (Å²) < 4.78 is 16.4. The number of rotatable bonds is 5. The topological polar surface area (TPSA) is 12.0 Å². The lowest BCUT2D eigenvalue weighted by Crippen LogP contribution is -2.23. The van der Waals surface area contributed by atoms with E-state index >= 15 is 0 Å². The lowest BCUT2D eigenvalue weighted by molar-refractivity contribution is 0.544. The Hall–Kier alpha value is 0.250. The zero-order valence-corrected chi connectivity index (χ0v) is 16.3. The second-order valence-electron chi connectivity index (χ2n) is 4.31. The Morgan fingerprint density at radius 2 is 2.05 bits per heavy atom. The first-order valence-corrected chi connectivity index (χ1v) is 9.33. The predicted molar refractivity (Wildman–Crippen MR) is 93.9 cm³/mol. The van der Waals surface area contributed by atoms with Crippen LogP contribution in [0.3, 0.4) is 0 Å². The van der Waals surface area contributed by atoms with Crippen molar-refractivity contribution in [3.05, 3.63) is 53.3 Å². The monoisotopic (exact) mass is 483 g/mol. The minimum absolute atomic E-state index is 0.148. The summed E-state index contributed by atoms with van der Waals surface area (Å²) in [5.41, 5.74) is 2.16. The number of likely N-dealkylation sites (N-methyl/N-ethyl adjacent to an activating group) is 1. The second kappa shape index (κ2) is 7.49. The van der Waals surface area contributed by atoms with Gasteiger partial charge in [0.1, 0.15) is 5.82 Å². The van der Waals surface area contributed by atoms with Gasteiger partial charge in [-0.15, -0.1) is 11.3 Å². The molecule has 0 spiro atoms. The Balaban J connectivity index is 2.30. The van der Waals surface area contributed by atoms with Crippen LogP contribution in [0.1, 0.15) is 24.1 Å². The van der Waals surface area contributed by atoms with Gasteiger partial charge in [-0.2, -0.15) is 0 Å². The van der Waals surface area contributed by atoms with Crippen LogP contribution in [0, 0.1) is 5.82 Å². The summed E-state index contributed by atoms with van der Waals surface area (Å²) in [7, 11) is 0. The van der Waals surface area contributed by atoms with E-state index in [2.05, 4.69) is 66.1 Å².